The Morgan fingerprint density at radius 2 is 1.98 bits per heavy atom. The fourth-order valence-electron chi connectivity index (χ4n) is 6.33. The molecule has 2 aliphatic carbocycles. The molecular formula is C32H35F3N4O4S. The van der Waals surface area contributed by atoms with Crippen LogP contribution in [0.15, 0.2) is 52.1 Å². The second kappa shape index (κ2) is 12.5. The third kappa shape index (κ3) is 6.61. The first kappa shape index (κ1) is 30.5. The summed E-state index contributed by atoms with van der Waals surface area (Å²) in [6.07, 6.45) is 0.0397. The molecule has 4 unspecified atom stereocenters. The van der Waals surface area contributed by atoms with Gasteiger partial charge in [0.05, 0.1) is 23.7 Å². The number of nitrogens with zero attached hydrogens (tertiary/aromatic N) is 2. The Kier molecular flexibility index (Phi) is 8.65. The van der Waals surface area contributed by atoms with Gasteiger partial charge in [0.1, 0.15) is 17.2 Å². The highest BCUT2D eigenvalue weighted by Crippen LogP contribution is 2.46. The van der Waals surface area contributed by atoms with E-state index < -0.39 is 6.36 Å². The van der Waals surface area contributed by atoms with E-state index in [4.69, 9.17) is 14.2 Å². The number of hydrogen-bond donors (Lipinski definition) is 2. The lowest BCUT2D eigenvalue weighted by Crippen LogP contribution is -2.42. The molecule has 6 rings (SSSR count). The van der Waals surface area contributed by atoms with E-state index >= 15 is 0 Å². The van der Waals surface area contributed by atoms with Crippen LogP contribution in [0.3, 0.4) is 0 Å². The number of hydrogen-bond acceptors (Lipinski definition) is 8. The summed E-state index contributed by atoms with van der Waals surface area (Å²) in [5.41, 5.74) is 3.53. The minimum absolute atomic E-state index is 0.224. The van der Waals surface area contributed by atoms with Gasteiger partial charge < -0.3 is 24.3 Å². The number of nitrogens with one attached hydrogen (secondary N) is 2. The molecular weight excluding hydrogens is 593 g/mol. The van der Waals surface area contributed by atoms with Gasteiger partial charge in [-0.1, -0.05) is 49.3 Å². The number of carbonyl (C=O) groups excluding carboxylic acids is 1. The van der Waals surface area contributed by atoms with Gasteiger partial charge in [0, 0.05) is 34.9 Å². The Balaban J connectivity index is 1.16. The van der Waals surface area contributed by atoms with Gasteiger partial charge in [0.2, 0.25) is 0 Å². The van der Waals surface area contributed by atoms with Crippen molar-refractivity contribution >= 4 is 28.8 Å². The van der Waals surface area contributed by atoms with Crippen molar-refractivity contribution in [3.8, 4) is 17.0 Å². The summed E-state index contributed by atoms with van der Waals surface area (Å²) in [7, 11) is 1.36. The van der Waals surface area contributed by atoms with Crippen LogP contribution in [0.1, 0.15) is 73.6 Å². The largest absolute Gasteiger partial charge is 0.573 e. The molecule has 2 aromatic carbocycles. The van der Waals surface area contributed by atoms with E-state index in [-0.39, 0.29) is 29.2 Å². The van der Waals surface area contributed by atoms with Crippen LogP contribution >= 0.6 is 11.8 Å². The van der Waals surface area contributed by atoms with Crippen LogP contribution in [0.5, 0.6) is 5.75 Å². The van der Waals surface area contributed by atoms with Gasteiger partial charge in [-0.15, -0.1) is 13.2 Å². The summed E-state index contributed by atoms with van der Waals surface area (Å²) < 4.78 is 54.4. The minimum Gasteiger partial charge on any atom is -0.465 e. The molecule has 4 atom stereocenters. The standard InChI is InChI=1S/C32H35F3N4O4S/c1-4-18-14-21(13-17(2)29(18)44-31-37-24-12-11-20(30(40)41-3)15-25(24)38-31)36-16-23-27(39-43-28(23)19-9-10-19)22-7-5-6-8-26(22)42-32(33,34)35/h5-8,11-12,15,17-19,21,29,36H,4,9-10,13-14,16H2,1-3H3,(H,37,38). The van der Waals surface area contributed by atoms with Crippen LogP contribution in [-0.4, -0.2) is 45.9 Å². The zero-order valence-corrected chi connectivity index (χ0v) is 25.6. The summed E-state index contributed by atoms with van der Waals surface area (Å²) in [6.45, 7) is 4.91. The topological polar surface area (TPSA) is 102 Å². The van der Waals surface area contributed by atoms with E-state index in [1.54, 1.807) is 36.0 Å². The van der Waals surface area contributed by atoms with Crippen LogP contribution < -0.4 is 10.1 Å². The molecule has 0 spiro atoms. The molecule has 4 aromatic rings. The van der Waals surface area contributed by atoms with Gasteiger partial charge in [-0.05, 0) is 67.9 Å². The van der Waals surface area contributed by atoms with Crippen molar-refractivity contribution in [3.63, 3.8) is 0 Å². The average Bonchev–Trinajstić information content (AvgIpc) is 3.62. The maximum absolute atomic E-state index is 13.2. The monoisotopic (exact) mass is 628 g/mol. The van der Waals surface area contributed by atoms with Crippen molar-refractivity contribution in [1.82, 2.24) is 20.4 Å². The van der Waals surface area contributed by atoms with Crippen LogP contribution in [0, 0.1) is 11.8 Å². The number of rotatable bonds is 10. The van der Waals surface area contributed by atoms with E-state index in [9.17, 15) is 18.0 Å². The lowest BCUT2D eigenvalue weighted by molar-refractivity contribution is -0.274. The Labute approximate surface area is 257 Å². The van der Waals surface area contributed by atoms with Crippen molar-refractivity contribution < 1.29 is 32.0 Å². The summed E-state index contributed by atoms with van der Waals surface area (Å²) in [5, 5.41) is 9.12. The summed E-state index contributed by atoms with van der Waals surface area (Å²) in [4.78, 5) is 20.1. The van der Waals surface area contributed by atoms with E-state index in [0.717, 1.165) is 59.6 Å². The highest BCUT2D eigenvalue weighted by atomic mass is 32.2. The summed E-state index contributed by atoms with van der Waals surface area (Å²) in [5.74, 6) is 1.11. The first-order valence-electron chi connectivity index (χ1n) is 14.9. The predicted octanol–water partition coefficient (Wildman–Crippen LogP) is 7.86. The zero-order chi connectivity index (χ0) is 31.0. The molecule has 0 bridgehead atoms. The van der Waals surface area contributed by atoms with E-state index in [1.807, 2.05) is 6.07 Å². The number of aromatic nitrogens is 3. The Bertz CT molecular complexity index is 1630. The Morgan fingerprint density at radius 1 is 1.18 bits per heavy atom. The molecule has 0 amide bonds. The maximum atomic E-state index is 13.2. The molecule has 2 N–H and O–H groups in total. The van der Waals surface area contributed by atoms with Crippen LogP contribution in [0.4, 0.5) is 13.2 Å². The third-order valence-electron chi connectivity index (χ3n) is 8.62. The molecule has 0 aliphatic heterocycles. The molecule has 2 fully saturated rings. The third-order valence-corrected chi connectivity index (χ3v) is 10.2. The predicted molar refractivity (Wildman–Crippen MR) is 160 cm³/mol. The lowest BCUT2D eigenvalue weighted by atomic mass is 9.77. The number of carbonyl (C=O) groups is 1. The molecule has 44 heavy (non-hydrogen) atoms. The minimum atomic E-state index is -4.81. The smallest absolute Gasteiger partial charge is 0.465 e. The number of para-hydroxylation sites is 1. The van der Waals surface area contributed by atoms with Gasteiger partial charge in [-0.25, -0.2) is 9.78 Å². The number of ether oxygens (including phenoxy) is 2. The number of imidazole rings is 1. The number of benzene rings is 2. The van der Waals surface area contributed by atoms with Crippen LogP contribution in [-0.2, 0) is 11.3 Å². The number of methoxy groups -OCH3 is 1. The van der Waals surface area contributed by atoms with Crippen LogP contribution in [0.2, 0.25) is 0 Å². The van der Waals surface area contributed by atoms with Crippen molar-refractivity contribution in [2.75, 3.05) is 7.11 Å². The number of esters is 1. The zero-order valence-electron chi connectivity index (χ0n) is 24.7. The first-order chi connectivity index (χ1) is 21.1. The highest BCUT2D eigenvalue weighted by molar-refractivity contribution is 7.99. The maximum Gasteiger partial charge on any atom is 0.573 e. The molecule has 0 saturated heterocycles. The molecule has 2 aliphatic rings. The number of fused-ring (bicyclic) bond motifs is 1. The second-order valence-corrected chi connectivity index (χ2v) is 12.9. The average molecular weight is 629 g/mol. The number of alkyl halides is 3. The number of aromatic amines is 1. The van der Waals surface area contributed by atoms with E-state index in [2.05, 4.69) is 34.0 Å². The lowest BCUT2D eigenvalue weighted by Gasteiger charge is -2.40. The van der Waals surface area contributed by atoms with Crippen LogP contribution in [0.25, 0.3) is 22.3 Å². The summed E-state index contributed by atoms with van der Waals surface area (Å²) >= 11 is 1.75. The molecule has 2 aromatic heterocycles. The van der Waals surface area contributed by atoms with Crippen molar-refractivity contribution in [3.05, 3.63) is 59.4 Å². The highest BCUT2D eigenvalue weighted by Gasteiger charge is 2.38. The fraction of sp³-hybridized carbons (Fsp3) is 0.469. The molecule has 234 valence electrons. The molecule has 12 heteroatoms. The SMILES string of the molecule is CCC1CC(NCc2c(-c3ccccc3OC(F)(F)F)noc2C2CC2)CC(C)C1Sc1nc2ccc(C(=O)OC)cc2[nH]1. The van der Waals surface area contributed by atoms with Crippen molar-refractivity contribution in [2.24, 2.45) is 11.8 Å². The van der Waals surface area contributed by atoms with Gasteiger partial charge >= 0.3 is 12.3 Å². The quantitative estimate of drug-likeness (QED) is 0.171. The second-order valence-electron chi connectivity index (χ2n) is 11.7. The van der Waals surface area contributed by atoms with Gasteiger partial charge in [0.15, 0.2) is 5.16 Å². The van der Waals surface area contributed by atoms with E-state index in [0.29, 0.717) is 34.9 Å². The van der Waals surface area contributed by atoms with Gasteiger partial charge in [-0.2, -0.15) is 0 Å². The summed E-state index contributed by atoms with van der Waals surface area (Å²) in [6, 6.07) is 11.6. The van der Waals surface area contributed by atoms with Crippen molar-refractivity contribution in [1.29, 1.82) is 0 Å². The first-order valence-corrected chi connectivity index (χ1v) is 15.8. The Morgan fingerprint density at radius 3 is 2.70 bits per heavy atom. The molecule has 8 nitrogen and oxygen atoms in total. The number of halogens is 3. The Hall–Kier alpha value is -3.51. The molecule has 2 saturated carbocycles. The van der Waals surface area contributed by atoms with Gasteiger partial charge in [-0.3, -0.25) is 0 Å². The fourth-order valence-corrected chi connectivity index (χ4v) is 7.75. The normalized spacial score (nSPS) is 22.3. The number of H-pyrrole nitrogens is 1. The molecule has 2 heterocycles. The number of thioether (sulfide) groups is 1. The van der Waals surface area contributed by atoms with E-state index in [1.165, 1.54) is 19.2 Å². The van der Waals surface area contributed by atoms with Crippen molar-refractivity contribution in [2.45, 2.75) is 81.2 Å². The molecule has 0 radical (unpaired) electrons. The van der Waals surface area contributed by atoms with Gasteiger partial charge in [0.25, 0.3) is 0 Å².